The second kappa shape index (κ2) is 6.68. The number of aryl methyl sites for hydroxylation is 1. The van der Waals surface area contributed by atoms with Crippen LogP contribution in [0.4, 0.5) is 17.6 Å². The van der Waals surface area contributed by atoms with E-state index in [2.05, 4.69) is 41.6 Å². The van der Waals surface area contributed by atoms with E-state index >= 15 is 0 Å². The maximum absolute atomic E-state index is 5.48. The Balaban J connectivity index is 2.32. The minimum atomic E-state index is -0.0448. The first-order chi connectivity index (χ1) is 9.99. The Hall–Kier alpha value is -1.93. The summed E-state index contributed by atoms with van der Waals surface area (Å²) in [6.07, 6.45) is -0.0448. The van der Waals surface area contributed by atoms with Gasteiger partial charge in [-0.3, -0.25) is 5.43 Å². The van der Waals surface area contributed by atoms with E-state index in [4.69, 9.17) is 10.6 Å². The smallest absolute Gasteiger partial charge is 0.323 e. The molecule has 2 aromatic rings. The Bertz CT molecular complexity index is 634. The standard InChI is InChI=1S/C13H17BrN6O/c1-7(2)21-13-18-11(17-12(19-13)20-15)16-9-6-4-5-8(3)10(9)14/h4-7H,15H2,1-3H3,(H2,16,17,18,19,20). The van der Waals surface area contributed by atoms with Gasteiger partial charge < -0.3 is 10.1 Å². The fourth-order valence-electron chi connectivity index (χ4n) is 1.60. The van der Waals surface area contributed by atoms with Crippen LogP contribution in [0.25, 0.3) is 0 Å². The molecule has 0 saturated heterocycles. The molecule has 0 spiro atoms. The third kappa shape index (κ3) is 4.02. The number of nitrogens with two attached hydrogens (primary N) is 1. The highest BCUT2D eigenvalue weighted by Gasteiger charge is 2.10. The first kappa shape index (κ1) is 15.5. The van der Waals surface area contributed by atoms with E-state index in [0.29, 0.717) is 5.95 Å². The third-order valence-corrected chi connectivity index (χ3v) is 3.58. The molecule has 0 unspecified atom stereocenters. The van der Waals surface area contributed by atoms with Gasteiger partial charge in [-0.25, -0.2) is 5.84 Å². The summed E-state index contributed by atoms with van der Waals surface area (Å²) in [6, 6.07) is 6.07. The van der Waals surface area contributed by atoms with E-state index in [1.165, 1.54) is 0 Å². The van der Waals surface area contributed by atoms with Crippen molar-refractivity contribution >= 4 is 33.5 Å². The molecular weight excluding hydrogens is 336 g/mol. The van der Waals surface area contributed by atoms with Crippen LogP contribution in [-0.4, -0.2) is 21.1 Å². The third-order valence-electron chi connectivity index (χ3n) is 2.52. The Kier molecular flexibility index (Phi) is 4.92. The lowest BCUT2D eigenvalue weighted by molar-refractivity contribution is 0.222. The van der Waals surface area contributed by atoms with Crippen LogP contribution >= 0.6 is 15.9 Å². The van der Waals surface area contributed by atoms with Gasteiger partial charge in [-0.1, -0.05) is 12.1 Å². The highest BCUT2D eigenvalue weighted by atomic mass is 79.9. The zero-order valence-corrected chi connectivity index (χ0v) is 13.6. The summed E-state index contributed by atoms with van der Waals surface area (Å²) >= 11 is 3.53. The molecular formula is C13H17BrN6O. The summed E-state index contributed by atoms with van der Waals surface area (Å²) in [5.41, 5.74) is 4.35. The van der Waals surface area contributed by atoms with Gasteiger partial charge in [-0.05, 0) is 48.3 Å². The van der Waals surface area contributed by atoms with Crippen molar-refractivity contribution in [3.63, 3.8) is 0 Å². The van der Waals surface area contributed by atoms with Gasteiger partial charge in [0, 0.05) is 4.47 Å². The molecule has 0 fully saturated rings. The first-order valence-corrected chi connectivity index (χ1v) is 7.20. The average Bonchev–Trinajstić information content (AvgIpc) is 2.43. The molecule has 1 heterocycles. The molecule has 0 amide bonds. The van der Waals surface area contributed by atoms with Crippen molar-refractivity contribution in [2.75, 3.05) is 10.7 Å². The summed E-state index contributed by atoms with van der Waals surface area (Å²) in [5.74, 6) is 5.95. The number of hydrogen-bond acceptors (Lipinski definition) is 7. The van der Waals surface area contributed by atoms with Gasteiger partial charge >= 0.3 is 6.01 Å². The maximum atomic E-state index is 5.48. The zero-order chi connectivity index (χ0) is 15.4. The number of rotatable bonds is 5. The molecule has 1 aromatic carbocycles. The topological polar surface area (TPSA) is 98.0 Å². The zero-order valence-electron chi connectivity index (χ0n) is 12.0. The predicted octanol–water partition coefficient (Wildman–Crippen LogP) is 2.76. The van der Waals surface area contributed by atoms with E-state index in [0.717, 1.165) is 15.7 Å². The van der Waals surface area contributed by atoms with Gasteiger partial charge in [0.25, 0.3) is 0 Å². The maximum Gasteiger partial charge on any atom is 0.323 e. The predicted molar refractivity (Wildman–Crippen MR) is 85.6 cm³/mol. The Morgan fingerprint density at radius 3 is 2.57 bits per heavy atom. The van der Waals surface area contributed by atoms with Gasteiger partial charge in [0.05, 0.1) is 11.8 Å². The van der Waals surface area contributed by atoms with Gasteiger partial charge in [-0.2, -0.15) is 15.0 Å². The molecule has 0 radical (unpaired) electrons. The molecule has 0 bridgehead atoms. The van der Waals surface area contributed by atoms with E-state index in [-0.39, 0.29) is 18.1 Å². The van der Waals surface area contributed by atoms with Gasteiger partial charge in [0.1, 0.15) is 0 Å². The number of anilines is 3. The number of nitrogens with zero attached hydrogens (tertiary/aromatic N) is 3. The summed E-state index contributed by atoms with van der Waals surface area (Å²) in [5, 5.41) is 3.12. The van der Waals surface area contributed by atoms with Crippen LogP contribution in [0.15, 0.2) is 22.7 Å². The van der Waals surface area contributed by atoms with Crippen LogP contribution in [0.3, 0.4) is 0 Å². The molecule has 1 aromatic heterocycles. The second-order valence-electron chi connectivity index (χ2n) is 4.64. The molecule has 7 nitrogen and oxygen atoms in total. The number of halogens is 1. The first-order valence-electron chi connectivity index (χ1n) is 6.41. The Morgan fingerprint density at radius 2 is 1.90 bits per heavy atom. The van der Waals surface area contributed by atoms with E-state index in [1.54, 1.807) is 0 Å². The molecule has 112 valence electrons. The fraction of sp³-hybridized carbons (Fsp3) is 0.308. The molecule has 4 N–H and O–H groups in total. The molecule has 0 aliphatic heterocycles. The van der Waals surface area contributed by atoms with Crippen LogP contribution in [0.1, 0.15) is 19.4 Å². The minimum Gasteiger partial charge on any atom is -0.461 e. The van der Waals surface area contributed by atoms with Crippen LogP contribution in [0, 0.1) is 6.92 Å². The number of ether oxygens (including phenoxy) is 1. The minimum absolute atomic E-state index is 0.0448. The van der Waals surface area contributed by atoms with Crippen molar-refractivity contribution in [1.82, 2.24) is 15.0 Å². The van der Waals surface area contributed by atoms with Gasteiger partial charge in [-0.15, -0.1) is 0 Å². The average molecular weight is 353 g/mol. The lowest BCUT2D eigenvalue weighted by Crippen LogP contribution is -2.15. The molecule has 0 aliphatic carbocycles. The summed E-state index contributed by atoms with van der Waals surface area (Å²) in [6.45, 7) is 5.79. The number of hydrogen-bond donors (Lipinski definition) is 3. The van der Waals surface area contributed by atoms with E-state index < -0.39 is 0 Å². The fourth-order valence-corrected chi connectivity index (χ4v) is 1.97. The van der Waals surface area contributed by atoms with Crippen molar-refractivity contribution in [3.05, 3.63) is 28.2 Å². The van der Waals surface area contributed by atoms with E-state index in [9.17, 15) is 0 Å². The lowest BCUT2D eigenvalue weighted by atomic mass is 10.2. The summed E-state index contributed by atoms with van der Waals surface area (Å²) in [7, 11) is 0. The molecule has 0 saturated carbocycles. The quantitative estimate of drug-likeness (QED) is 0.562. The number of nitrogens with one attached hydrogen (secondary N) is 2. The lowest BCUT2D eigenvalue weighted by Gasteiger charge is -2.12. The van der Waals surface area contributed by atoms with Crippen LogP contribution < -0.4 is 21.3 Å². The Morgan fingerprint density at radius 1 is 1.19 bits per heavy atom. The largest absolute Gasteiger partial charge is 0.461 e. The molecule has 0 atom stereocenters. The van der Waals surface area contributed by atoms with Crippen molar-refractivity contribution in [3.8, 4) is 6.01 Å². The molecule has 2 rings (SSSR count). The molecule has 8 heteroatoms. The van der Waals surface area contributed by atoms with Crippen molar-refractivity contribution in [2.24, 2.45) is 5.84 Å². The van der Waals surface area contributed by atoms with Crippen molar-refractivity contribution in [2.45, 2.75) is 26.9 Å². The highest BCUT2D eigenvalue weighted by Crippen LogP contribution is 2.28. The number of hydrazine groups is 1. The normalized spacial score (nSPS) is 10.6. The van der Waals surface area contributed by atoms with Crippen LogP contribution in [-0.2, 0) is 0 Å². The van der Waals surface area contributed by atoms with Gasteiger partial charge in [0.15, 0.2) is 0 Å². The highest BCUT2D eigenvalue weighted by molar-refractivity contribution is 9.10. The number of aromatic nitrogens is 3. The van der Waals surface area contributed by atoms with Gasteiger partial charge in [0.2, 0.25) is 11.9 Å². The second-order valence-corrected chi connectivity index (χ2v) is 5.43. The summed E-state index contributed by atoms with van der Waals surface area (Å²) < 4.78 is 6.42. The Labute approximate surface area is 131 Å². The van der Waals surface area contributed by atoms with Crippen LogP contribution in [0.5, 0.6) is 6.01 Å². The van der Waals surface area contributed by atoms with Crippen molar-refractivity contribution < 1.29 is 4.74 Å². The molecule has 21 heavy (non-hydrogen) atoms. The SMILES string of the molecule is Cc1cccc(Nc2nc(NN)nc(OC(C)C)n2)c1Br. The number of benzene rings is 1. The molecule has 0 aliphatic rings. The summed E-state index contributed by atoms with van der Waals surface area (Å²) in [4.78, 5) is 12.4. The van der Waals surface area contributed by atoms with Crippen LogP contribution in [0.2, 0.25) is 0 Å². The van der Waals surface area contributed by atoms with E-state index in [1.807, 2.05) is 39.0 Å². The number of nitrogen functional groups attached to an aromatic ring is 1. The van der Waals surface area contributed by atoms with Crippen molar-refractivity contribution in [1.29, 1.82) is 0 Å². The monoisotopic (exact) mass is 352 g/mol.